The van der Waals surface area contributed by atoms with Crippen LogP contribution in [0.3, 0.4) is 0 Å². The van der Waals surface area contributed by atoms with Gasteiger partial charge in [0.1, 0.15) is 0 Å². The molecule has 0 bridgehead atoms. The van der Waals surface area contributed by atoms with Gasteiger partial charge in [-0.25, -0.2) is 0 Å². The summed E-state index contributed by atoms with van der Waals surface area (Å²) in [7, 11) is 0. The average molecular weight is 350 g/mol. The van der Waals surface area contributed by atoms with Crippen LogP contribution in [0.4, 0.5) is 5.69 Å². The summed E-state index contributed by atoms with van der Waals surface area (Å²) in [5.74, 6) is 0.539. The van der Waals surface area contributed by atoms with Crippen LogP contribution in [0, 0.1) is 5.92 Å². The van der Waals surface area contributed by atoms with E-state index in [1.807, 2.05) is 53.4 Å². The average Bonchev–Trinajstić information content (AvgIpc) is 2.66. The fraction of sp³-hybridized carbons (Fsp3) is 0.364. The first-order valence-electron chi connectivity index (χ1n) is 9.34. The molecule has 2 amide bonds. The molecule has 0 aromatic heterocycles. The van der Waals surface area contributed by atoms with Gasteiger partial charge in [0, 0.05) is 29.9 Å². The summed E-state index contributed by atoms with van der Waals surface area (Å²) in [6, 6.07) is 15.0. The molecular weight excluding hydrogens is 324 g/mol. The minimum Gasteiger partial charge on any atom is -0.352 e. The smallest absolute Gasteiger partial charge is 0.258 e. The maximum atomic E-state index is 12.8. The van der Waals surface area contributed by atoms with Gasteiger partial charge in [-0.2, -0.15) is 0 Å². The van der Waals surface area contributed by atoms with Gasteiger partial charge in [0.15, 0.2) is 0 Å². The molecule has 0 unspecified atom stereocenters. The Morgan fingerprint density at radius 2 is 1.85 bits per heavy atom. The van der Waals surface area contributed by atoms with E-state index in [0.29, 0.717) is 30.1 Å². The Morgan fingerprint density at radius 1 is 1.08 bits per heavy atom. The van der Waals surface area contributed by atoms with Gasteiger partial charge in [0.25, 0.3) is 11.8 Å². The summed E-state index contributed by atoms with van der Waals surface area (Å²) in [5, 5.41) is 2.98. The van der Waals surface area contributed by atoms with Crippen LogP contribution >= 0.6 is 0 Å². The van der Waals surface area contributed by atoms with E-state index < -0.39 is 0 Å². The van der Waals surface area contributed by atoms with Gasteiger partial charge in [0.2, 0.25) is 0 Å². The first-order chi connectivity index (χ1) is 12.6. The Morgan fingerprint density at radius 3 is 2.58 bits per heavy atom. The maximum absolute atomic E-state index is 12.8. The number of amides is 2. The van der Waals surface area contributed by atoms with E-state index in [1.54, 1.807) is 0 Å². The molecule has 3 rings (SSSR count). The second-order valence-corrected chi connectivity index (χ2v) is 7.21. The van der Waals surface area contributed by atoms with E-state index in [2.05, 4.69) is 19.2 Å². The van der Waals surface area contributed by atoms with E-state index in [1.165, 1.54) is 0 Å². The normalized spacial score (nSPS) is 13.4. The van der Waals surface area contributed by atoms with Gasteiger partial charge < -0.3 is 10.2 Å². The third-order valence-corrected chi connectivity index (χ3v) is 4.73. The molecule has 0 saturated carbocycles. The molecule has 4 heteroatoms. The van der Waals surface area contributed by atoms with Crippen molar-refractivity contribution >= 4 is 17.5 Å². The molecule has 0 aliphatic carbocycles. The molecule has 0 saturated heterocycles. The van der Waals surface area contributed by atoms with Gasteiger partial charge in [-0.05, 0) is 61.1 Å². The van der Waals surface area contributed by atoms with Crippen LogP contribution in [-0.4, -0.2) is 24.9 Å². The molecule has 26 heavy (non-hydrogen) atoms. The minimum absolute atomic E-state index is 0.0145. The third-order valence-electron chi connectivity index (χ3n) is 4.73. The van der Waals surface area contributed by atoms with Crippen LogP contribution in [0.25, 0.3) is 0 Å². The summed E-state index contributed by atoms with van der Waals surface area (Å²) >= 11 is 0. The molecule has 0 radical (unpaired) electrons. The maximum Gasteiger partial charge on any atom is 0.258 e. The quantitative estimate of drug-likeness (QED) is 0.884. The predicted octanol–water partition coefficient (Wildman–Crippen LogP) is 4.06. The van der Waals surface area contributed by atoms with E-state index in [-0.39, 0.29) is 11.8 Å². The molecule has 1 N–H and O–H groups in total. The van der Waals surface area contributed by atoms with Crippen molar-refractivity contribution in [1.29, 1.82) is 0 Å². The highest BCUT2D eigenvalue weighted by atomic mass is 16.2. The Hall–Kier alpha value is -2.62. The van der Waals surface area contributed by atoms with Crippen LogP contribution in [-0.2, 0) is 6.42 Å². The second-order valence-electron chi connectivity index (χ2n) is 7.21. The SMILES string of the molecule is CC(C)CCNC(=O)c1ccc2c(c1)CCCN2C(=O)c1ccccc1. The first-order valence-corrected chi connectivity index (χ1v) is 9.34. The molecule has 0 atom stereocenters. The molecule has 2 aromatic rings. The van der Waals surface area contributed by atoms with Crippen LogP contribution in [0.2, 0.25) is 0 Å². The summed E-state index contributed by atoms with van der Waals surface area (Å²) in [6.45, 7) is 5.68. The van der Waals surface area contributed by atoms with Crippen molar-refractivity contribution in [3.05, 3.63) is 65.2 Å². The number of rotatable bonds is 5. The molecule has 0 spiro atoms. The second kappa shape index (κ2) is 8.17. The summed E-state index contributed by atoms with van der Waals surface area (Å²) in [4.78, 5) is 27.0. The van der Waals surface area contributed by atoms with Gasteiger partial charge in [-0.15, -0.1) is 0 Å². The first kappa shape index (κ1) is 18.2. The molecule has 1 heterocycles. The zero-order valence-corrected chi connectivity index (χ0v) is 15.5. The molecule has 0 fully saturated rings. The lowest BCUT2D eigenvalue weighted by atomic mass is 9.98. The number of hydrogen-bond acceptors (Lipinski definition) is 2. The Bertz CT molecular complexity index is 784. The van der Waals surface area contributed by atoms with Crippen molar-refractivity contribution in [2.75, 3.05) is 18.0 Å². The van der Waals surface area contributed by atoms with Crippen molar-refractivity contribution < 1.29 is 9.59 Å². The number of nitrogens with one attached hydrogen (secondary N) is 1. The lowest BCUT2D eigenvalue weighted by molar-refractivity contribution is 0.0951. The van der Waals surface area contributed by atoms with Crippen molar-refractivity contribution in [3.8, 4) is 0 Å². The highest BCUT2D eigenvalue weighted by molar-refractivity contribution is 6.07. The number of carbonyl (C=O) groups is 2. The minimum atomic E-state index is -0.0417. The van der Waals surface area contributed by atoms with Gasteiger partial charge >= 0.3 is 0 Å². The number of hydrogen-bond donors (Lipinski definition) is 1. The summed E-state index contributed by atoms with van der Waals surface area (Å²) in [5.41, 5.74) is 3.35. The zero-order chi connectivity index (χ0) is 18.5. The lowest BCUT2D eigenvalue weighted by Crippen LogP contribution is -2.35. The number of carbonyl (C=O) groups excluding carboxylic acids is 2. The standard InChI is InChI=1S/C22H26N2O2/c1-16(2)12-13-23-21(25)19-10-11-20-18(15-19)9-6-14-24(20)22(26)17-7-4-3-5-8-17/h3-5,7-8,10-11,15-16H,6,9,12-14H2,1-2H3,(H,23,25). The van der Waals surface area contributed by atoms with Crippen LogP contribution < -0.4 is 10.2 Å². The van der Waals surface area contributed by atoms with Crippen LogP contribution in [0.1, 0.15) is 53.0 Å². The highest BCUT2D eigenvalue weighted by Crippen LogP contribution is 2.29. The number of aryl methyl sites for hydroxylation is 1. The van der Waals surface area contributed by atoms with E-state index in [0.717, 1.165) is 30.5 Å². The predicted molar refractivity (Wildman–Crippen MR) is 105 cm³/mol. The summed E-state index contributed by atoms with van der Waals surface area (Å²) < 4.78 is 0. The molecular formula is C22H26N2O2. The number of benzene rings is 2. The number of anilines is 1. The Labute approximate surface area is 155 Å². The number of nitrogens with zero attached hydrogens (tertiary/aromatic N) is 1. The van der Waals surface area contributed by atoms with Crippen molar-refractivity contribution in [1.82, 2.24) is 5.32 Å². The van der Waals surface area contributed by atoms with E-state index >= 15 is 0 Å². The fourth-order valence-electron chi connectivity index (χ4n) is 3.26. The number of fused-ring (bicyclic) bond motifs is 1. The Balaban J connectivity index is 1.77. The lowest BCUT2D eigenvalue weighted by Gasteiger charge is -2.30. The van der Waals surface area contributed by atoms with Crippen molar-refractivity contribution in [2.24, 2.45) is 5.92 Å². The van der Waals surface area contributed by atoms with Crippen LogP contribution in [0.15, 0.2) is 48.5 Å². The van der Waals surface area contributed by atoms with Gasteiger partial charge in [-0.3, -0.25) is 9.59 Å². The van der Waals surface area contributed by atoms with Crippen molar-refractivity contribution in [3.63, 3.8) is 0 Å². The molecule has 2 aromatic carbocycles. The molecule has 4 nitrogen and oxygen atoms in total. The summed E-state index contributed by atoms with van der Waals surface area (Å²) in [6.07, 6.45) is 2.76. The molecule has 1 aliphatic rings. The van der Waals surface area contributed by atoms with E-state index in [9.17, 15) is 9.59 Å². The molecule has 1 aliphatic heterocycles. The Kier molecular flexibility index (Phi) is 5.71. The monoisotopic (exact) mass is 350 g/mol. The highest BCUT2D eigenvalue weighted by Gasteiger charge is 2.24. The van der Waals surface area contributed by atoms with Gasteiger partial charge in [0.05, 0.1) is 0 Å². The van der Waals surface area contributed by atoms with E-state index in [4.69, 9.17) is 0 Å². The largest absolute Gasteiger partial charge is 0.352 e. The van der Waals surface area contributed by atoms with Gasteiger partial charge in [-0.1, -0.05) is 32.0 Å². The zero-order valence-electron chi connectivity index (χ0n) is 15.5. The fourth-order valence-corrected chi connectivity index (χ4v) is 3.26. The van der Waals surface area contributed by atoms with Crippen molar-refractivity contribution in [2.45, 2.75) is 33.1 Å². The topological polar surface area (TPSA) is 49.4 Å². The third kappa shape index (κ3) is 4.13. The molecule has 136 valence electrons. The van der Waals surface area contributed by atoms with Crippen LogP contribution in [0.5, 0.6) is 0 Å².